The van der Waals surface area contributed by atoms with E-state index in [0.717, 1.165) is 12.4 Å². The zero-order chi connectivity index (χ0) is 24.0. The lowest BCUT2D eigenvalue weighted by molar-refractivity contribution is -0.0471. The van der Waals surface area contributed by atoms with Crippen LogP contribution in [-0.2, 0) is 14.8 Å². The molecule has 3 atom stereocenters. The van der Waals surface area contributed by atoms with Crippen LogP contribution in [0.3, 0.4) is 0 Å². The molecule has 0 spiro atoms. The second kappa shape index (κ2) is 12.0. The van der Waals surface area contributed by atoms with Crippen molar-refractivity contribution in [1.29, 1.82) is 0 Å². The topological polar surface area (TPSA) is 18.5 Å². The third-order valence-corrected chi connectivity index (χ3v) is 9.48. The van der Waals surface area contributed by atoms with Crippen LogP contribution in [0.2, 0.25) is 11.6 Å². The van der Waals surface area contributed by atoms with E-state index in [9.17, 15) is 0 Å². The molecule has 4 rings (SSSR count). The van der Waals surface area contributed by atoms with E-state index in [1.165, 1.54) is 82.6 Å². The van der Waals surface area contributed by atoms with Crippen LogP contribution in [0.25, 0.3) is 0 Å². The zero-order valence-electron chi connectivity index (χ0n) is 22.4. The van der Waals surface area contributed by atoms with E-state index in [2.05, 4.69) is 64.1 Å². The highest BCUT2D eigenvalue weighted by Gasteiger charge is 2.43. The quantitative estimate of drug-likeness (QED) is 0.282. The first-order valence-electron chi connectivity index (χ1n) is 14.5. The lowest BCUT2D eigenvalue weighted by Crippen LogP contribution is -2.43. The first kappa shape index (κ1) is 25.7. The Morgan fingerprint density at radius 1 is 0.853 bits per heavy atom. The predicted molar refractivity (Wildman–Crippen MR) is 145 cm³/mol. The fourth-order valence-corrected chi connectivity index (χ4v) is 7.32. The number of hydrogen-bond donors (Lipinski definition) is 0. The molecule has 188 valence electrons. The van der Waals surface area contributed by atoms with E-state index >= 15 is 0 Å². The van der Waals surface area contributed by atoms with Gasteiger partial charge in [-0.2, -0.15) is 0 Å². The molecule has 3 aliphatic rings. The molecule has 34 heavy (non-hydrogen) atoms. The van der Waals surface area contributed by atoms with Gasteiger partial charge in [0.25, 0.3) is 5.95 Å². The van der Waals surface area contributed by atoms with Crippen molar-refractivity contribution in [3.8, 4) is 0 Å². The minimum absolute atomic E-state index is 0.0804. The first-order valence-corrected chi connectivity index (χ1v) is 14.5. The molecule has 0 amide bonds. The van der Waals surface area contributed by atoms with Gasteiger partial charge in [0.1, 0.15) is 6.10 Å². The molecule has 0 unspecified atom stereocenters. The minimum atomic E-state index is 0.0804. The highest BCUT2D eigenvalue weighted by molar-refractivity contribution is 6.55. The van der Waals surface area contributed by atoms with Gasteiger partial charge in [0.2, 0.25) is 0 Å². The van der Waals surface area contributed by atoms with Crippen molar-refractivity contribution >= 4 is 6.92 Å². The minimum Gasteiger partial charge on any atom is -0.536 e. The maximum absolute atomic E-state index is 6.92. The van der Waals surface area contributed by atoms with Crippen molar-refractivity contribution in [2.24, 2.45) is 11.8 Å². The molecule has 3 aliphatic carbocycles. The second-order valence-corrected chi connectivity index (χ2v) is 12.3. The summed E-state index contributed by atoms with van der Waals surface area (Å²) in [5.74, 6) is 3.43. The van der Waals surface area contributed by atoms with Gasteiger partial charge in [0, 0.05) is 5.92 Å². The average molecular weight is 465 g/mol. The molecule has 0 aromatic heterocycles. The molecule has 2 nitrogen and oxygen atoms in total. The summed E-state index contributed by atoms with van der Waals surface area (Å²) in [5, 5.41) is 0. The van der Waals surface area contributed by atoms with Crippen LogP contribution in [-0.4, -0.2) is 13.0 Å². The SMILES string of the molecule is C/C=C(\OB(C1CCCCC1)C1CCCCC1)O[C@@H]1C[C@H](C)CC[C@H]1C(C)(C)c1ccccc1. The first-order chi connectivity index (χ1) is 16.5. The van der Waals surface area contributed by atoms with Crippen molar-refractivity contribution < 1.29 is 9.39 Å². The molecule has 0 N–H and O–H groups in total. The highest BCUT2D eigenvalue weighted by Crippen LogP contribution is 2.46. The molecule has 1 aromatic rings. The Bertz CT molecular complexity index is 743. The van der Waals surface area contributed by atoms with E-state index in [1.54, 1.807) is 0 Å². The van der Waals surface area contributed by atoms with Gasteiger partial charge in [-0.05, 0) is 54.4 Å². The molecule has 1 aromatic carbocycles. The van der Waals surface area contributed by atoms with Crippen LogP contribution in [0.4, 0.5) is 0 Å². The molecule has 3 saturated carbocycles. The lowest BCUT2D eigenvalue weighted by atomic mass is 9.42. The Morgan fingerprint density at radius 3 is 2.00 bits per heavy atom. The van der Waals surface area contributed by atoms with Gasteiger partial charge >= 0.3 is 6.92 Å². The van der Waals surface area contributed by atoms with Gasteiger partial charge in [0.05, 0.1) is 0 Å². The monoisotopic (exact) mass is 464 g/mol. The maximum Gasteiger partial charge on any atom is 0.368 e. The molecule has 0 radical (unpaired) electrons. The fourth-order valence-electron chi connectivity index (χ4n) is 7.32. The van der Waals surface area contributed by atoms with Crippen LogP contribution in [0, 0.1) is 11.8 Å². The van der Waals surface area contributed by atoms with E-state index in [-0.39, 0.29) is 11.5 Å². The molecule has 0 saturated heterocycles. The van der Waals surface area contributed by atoms with Gasteiger partial charge in [-0.25, -0.2) is 0 Å². The predicted octanol–water partition coefficient (Wildman–Crippen LogP) is 9.32. The third kappa shape index (κ3) is 6.24. The van der Waals surface area contributed by atoms with Crippen molar-refractivity contribution in [2.45, 2.75) is 134 Å². The maximum atomic E-state index is 6.92. The number of ether oxygens (including phenoxy) is 1. The fraction of sp³-hybridized carbons (Fsp3) is 0.742. The van der Waals surface area contributed by atoms with Gasteiger partial charge in [-0.1, -0.05) is 122 Å². The van der Waals surface area contributed by atoms with E-state index in [0.29, 0.717) is 30.4 Å². The van der Waals surface area contributed by atoms with Crippen LogP contribution >= 0.6 is 0 Å². The summed E-state index contributed by atoms with van der Waals surface area (Å²) in [6, 6.07) is 11.1. The van der Waals surface area contributed by atoms with E-state index in [1.807, 2.05) is 0 Å². The number of benzene rings is 1. The summed E-state index contributed by atoms with van der Waals surface area (Å²) in [4.78, 5) is 0. The summed E-state index contributed by atoms with van der Waals surface area (Å²) in [7, 11) is 0. The largest absolute Gasteiger partial charge is 0.536 e. The highest BCUT2D eigenvalue weighted by atomic mass is 16.7. The smallest absolute Gasteiger partial charge is 0.368 e. The van der Waals surface area contributed by atoms with Crippen LogP contribution in [0.5, 0.6) is 0 Å². The summed E-state index contributed by atoms with van der Waals surface area (Å²) in [6.45, 7) is 9.68. The molecule has 0 aliphatic heterocycles. The van der Waals surface area contributed by atoms with Crippen molar-refractivity contribution in [1.82, 2.24) is 0 Å². The van der Waals surface area contributed by atoms with E-state index in [4.69, 9.17) is 9.39 Å². The molecular weight excluding hydrogens is 415 g/mol. The Balaban J connectivity index is 1.51. The van der Waals surface area contributed by atoms with Gasteiger partial charge < -0.3 is 9.39 Å². The van der Waals surface area contributed by atoms with Crippen LogP contribution in [0.15, 0.2) is 42.4 Å². The van der Waals surface area contributed by atoms with Gasteiger partial charge in [-0.3, -0.25) is 0 Å². The normalized spacial score (nSPS) is 27.9. The lowest BCUT2D eigenvalue weighted by Gasteiger charge is -2.45. The Labute approximate surface area is 210 Å². The Morgan fingerprint density at radius 2 is 1.44 bits per heavy atom. The van der Waals surface area contributed by atoms with Crippen molar-refractivity contribution in [3.63, 3.8) is 0 Å². The van der Waals surface area contributed by atoms with Gasteiger partial charge in [0.15, 0.2) is 0 Å². The summed E-state index contributed by atoms with van der Waals surface area (Å²) in [6.07, 6.45) is 19.6. The second-order valence-electron chi connectivity index (χ2n) is 12.3. The average Bonchev–Trinajstić information content (AvgIpc) is 2.88. The summed E-state index contributed by atoms with van der Waals surface area (Å²) in [5.41, 5.74) is 1.50. The molecule has 0 heterocycles. The Kier molecular flexibility index (Phi) is 9.11. The summed E-state index contributed by atoms with van der Waals surface area (Å²) >= 11 is 0. The molecule has 0 bridgehead atoms. The number of allylic oxidation sites excluding steroid dienone is 1. The van der Waals surface area contributed by atoms with E-state index < -0.39 is 0 Å². The summed E-state index contributed by atoms with van der Waals surface area (Å²) < 4.78 is 13.8. The molecule has 3 heteroatoms. The van der Waals surface area contributed by atoms with Crippen LogP contribution in [0.1, 0.15) is 117 Å². The molecule has 3 fully saturated rings. The number of hydrogen-bond acceptors (Lipinski definition) is 2. The third-order valence-electron chi connectivity index (χ3n) is 9.48. The molecular formula is C31H49BO2. The zero-order valence-corrected chi connectivity index (χ0v) is 22.4. The van der Waals surface area contributed by atoms with Crippen LogP contribution < -0.4 is 0 Å². The van der Waals surface area contributed by atoms with Crippen molar-refractivity contribution in [2.75, 3.05) is 0 Å². The standard InChI is InChI=1S/C31H49BO2/c1-5-30(34-32(26-17-11-7-12-18-26)27-19-13-8-14-20-27)33-29-23-24(2)21-22-28(29)31(3,4)25-15-9-6-10-16-25/h5-6,9-10,15-16,24,26-29H,7-8,11-14,17-23H2,1-4H3/b30-5-/t24-,28-,29-/m1/s1. The number of rotatable bonds is 8. The Hall–Kier alpha value is -1.38. The van der Waals surface area contributed by atoms with Crippen molar-refractivity contribution in [3.05, 3.63) is 47.9 Å². The van der Waals surface area contributed by atoms with Gasteiger partial charge in [-0.15, -0.1) is 0 Å².